The van der Waals surface area contributed by atoms with Gasteiger partial charge < -0.3 is 9.88 Å². The van der Waals surface area contributed by atoms with Crippen LogP contribution < -0.4 is 10.7 Å². The van der Waals surface area contributed by atoms with Crippen molar-refractivity contribution in [2.75, 3.05) is 0 Å². The Morgan fingerprint density at radius 3 is 2.29 bits per heavy atom. The van der Waals surface area contributed by atoms with Crippen LogP contribution in [0.1, 0.15) is 17.0 Å². The van der Waals surface area contributed by atoms with Gasteiger partial charge in [0.1, 0.15) is 6.54 Å². The molecule has 0 saturated heterocycles. The van der Waals surface area contributed by atoms with Crippen molar-refractivity contribution in [1.82, 2.24) is 9.88 Å². The van der Waals surface area contributed by atoms with Gasteiger partial charge in [0.05, 0.1) is 0 Å². The molecule has 0 unspecified atom stereocenters. The number of pyridine rings is 1. The van der Waals surface area contributed by atoms with Gasteiger partial charge in [-0.1, -0.05) is 23.7 Å². The summed E-state index contributed by atoms with van der Waals surface area (Å²) in [5, 5.41) is 3.53. The summed E-state index contributed by atoms with van der Waals surface area (Å²) in [7, 11) is 0. The maximum Gasteiger partial charge on any atom is 0.240 e. The van der Waals surface area contributed by atoms with Gasteiger partial charge in [0.25, 0.3) is 0 Å². The van der Waals surface area contributed by atoms with E-state index in [4.69, 9.17) is 11.6 Å². The molecule has 0 atom stereocenters. The molecule has 0 bridgehead atoms. The van der Waals surface area contributed by atoms with E-state index in [0.29, 0.717) is 11.6 Å². The molecule has 1 amide bonds. The van der Waals surface area contributed by atoms with Gasteiger partial charge in [-0.2, -0.15) is 0 Å². The molecule has 110 valence electrons. The molecule has 5 heteroatoms. The first kappa shape index (κ1) is 15.3. The molecule has 4 nitrogen and oxygen atoms in total. The zero-order chi connectivity index (χ0) is 15.4. The molecule has 0 fully saturated rings. The van der Waals surface area contributed by atoms with Crippen LogP contribution in [0.4, 0.5) is 0 Å². The van der Waals surface area contributed by atoms with Crippen LogP contribution in [0.15, 0.2) is 41.2 Å². The third-order valence-electron chi connectivity index (χ3n) is 3.26. The number of hydrogen-bond acceptors (Lipinski definition) is 2. The Morgan fingerprint density at radius 1 is 1.14 bits per heavy atom. The summed E-state index contributed by atoms with van der Waals surface area (Å²) < 4.78 is 1.82. The van der Waals surface area contributed by atoms with E-state index in [1.165, 1.54) is 12.1 Å². The van der Waals surface area contributed by atoms with E-state index in [2.05, 4.69) is 5.32 Å². The van der Waals surface area contributed by atoms with Gasteiger partial charge in [0.2, 0.25) is 5.91 Å². The molecule has 1 N–H and O–H groups in total. The van der Waals surface area contributed by atoms with E-state index < -0.39 is 0 Å². The molecule has 1 aromatic heterocycles. The van der Waals surface area contributed by atoms with E-state index in [-0.39, 0.29) is 17.9 Å². The maximum absolute atomic E-state index is 12.0. The van der Waals surface area contributed by atoms with Crippen molar-refractivity contribution in [2.24, 2.45) is 0 Å². The lowest BCUT2D eigenvalue weighted by atomic mass is 10.2. The second-order valence-electron chi connectivity index (χ2n) is 4.96. The average Bonchev–Trinajstić information content (AvgIpc) is 2.42. The van der Waals surface area contributed by atoms with E-state index in [0.717, 1.165) is 17.0 Å². The lowest BCUT2D eigenvalue weighted by Crippen LogP contribution is -2.29. The van der Waals surface area contributed by atoms with Gasteiger partial charge in [-0.05, 0) is 31.5 Å². The number of aromatic nitrogens is 1. The fourth-order valence-electron chi connectivity index (χ4n) is 2.14. The first-order valence-corrected chi connectivity index (χ1v) is 7.03. The third-order valence-corrected chi connectivity index (χ3v) is 3.51. The smallest absolute Gasteiger partial charge is 0.240 e. The molecule has 0 aliphatic carbocycles. The molecule has 2 rings (SSSR count). The second-order valence-corrected chi connectivity index (χ2v) is 5.40. The predicted octanol–water partition coefficient (Wildman–Crippen LogP) is 2.43. The van der Waals surface area contributed by atoms with Crippen molar-refractivity contribution in [3.63, 3.8) is 0 Å². The Morgan fingerprint density at radius 2 is 1.71 bits per heavy atom. The van der Waals surface area contributed by atoms with Crippen LogP contribution in [0.2, 0.25) is 5.02 Å². The van der Waals surface area contributed by atoms with Crippen LogP contribution in [-0.2, 0) is 17.9 Å². The first-order valence-electron chi connectivity index (χ1n) is 6.65. The van der Waals surface area contributed by atoms with Crippen LogP contribution in [-0.4, -0.2) is 10.5 Å². The minimum absolute atomic E-state index is 0.0391. The molecule has 0 aliphatic heterocycles. The minimum atomic E-state index is -0.0974. The molecule has 0 spiro atoms. The fourth-order valence-corrected chi connectivity index (χ4v) is 2.27. The number of nitrogens with zero attached hydrogens (tertiary/aromatic N) is 1. The maximum atomic E-state index is 12.0. The van der Waals surface area contributed by atoms with Gasteiger partial charge in [0.15, 0.2) is 5.43 Å². The molecule has 1 aromatic carbocycles. The Labute approximate surface area is 128 Å². The van der Waals surface area contributed by atoms with E-state index in [9.17, 15) is 9.59 Å². The van der Waals surface area contributed by atoms with Crippen molar-refractivity contribution < 1.29 is 4.79 Å². The van der Waals surface area contributed by atoms with Crippen LogP contribution in [0, 0.1) is 13.8 Å². The highest BCUT2D eigenvalue weighted by atomic mass is 35.5. The SMILES string of the molecule is Cc1cc(=O)cc(C)n1CC(=O)NCc1ccc(Cl)cc1. The number of aryl methyl sites for hydroxylation is 2. The monoisotopic (exact) mass is 304 g/mol. The quantitative estimate of drug-likeness (QED) is 0.943. The van der Waals surface area contributed by atoms with Gasteiger partial charge in [0, 0.05) is 35.1 Å². The molecular formula is C16H17ClN2O2. The highest BCUT2D eigenvalue weighted by Gasteiger charge is 2.07. The Bertz CT molecular complexity index is 679. The van der Waals surface area contributed by atoms with Gasteiger partial charge in [-0.25, -0.2) is 0 Å². The Balaban J connectivity index is 1.99. The van der Waals surface area contributed by atoms with Crippen LogP contribution in [0.5, 0.6) is 0 Å². The fraction of sp³-hybridized carbons (Fsp3) is 0.250. The van der Waals surface area contributed by atoms with Crippen molar-refractivity contribution in [3.05, 3.63) is 68.6 Å². The summed E-state index contributed by atoms with van der Waals surface area (Å²) >= 11 is 5.81. The molecule has 1 heterocycles. The topological polar surface area (TPSA) is 51.1 Å². The van der Waals surface area contributed by atoms with E-state index in [1.54, 1.807) is 12.1 Å². The highest BCUT2D eigenvalue weighted by molar-refractivity contribution is 6.30. The second kappa shape index (κ2) is 6.59. The number of carbonyl (C=O) groups excluding carboxylic acids is 1. The van der Waals surface area contributed by atoms with Crippen LogP contribution in [0.3, 0.4) is 0 Å². The number of rotatable bonds is 4. The number of halogens is 1. The highest BCUT2D eigenvalue weighted by Crippen LogP contribution is 2.09. The van der Waals surface area contributed by atoms with Crippen molar-refractivity contribution in [2.45, 2.75) is 26.9 Å². The molecule has 0 radical (unpaired) electrons. The molecule has 0 saturated carbocycles. The van der Waals surface area contributed by atoms with Crippen molar-refractivity contribution in [3.8, 4) is 0 Å². The number of hydrogen-bond donors (Lipinski definition) is 1. The van der Waals surface area contributed by atoms with Crippen molar-refractivity contribution in [1.29, 1.82) is 0 Å². The number of amides is 1. The Hall–Kier alpha value is -2.07. The van der Waals surface area contributed by atoms with Crippen LogP contribution >= 0.6 is 11.6 Å². The normalized spacial score (nSPS) is 10.4. The lowest BCUT2D eigenvalue weighted by molar-refractivity contribution is -0.121. The van der Waals surface area contributed by atoms with Crippen molar-refractivity contribution >= 4 is 17.5 Å². The summed E-state index contributed by atoms with van der Waals surface area (Å²) in [6.45, 7) is 4.29. The lowest BCUT2D eigenvalue weighted by Gasteiger charge is -2.14. The van der Waals surface area contributed by atoms with Crippen LogP contribution in [0.25, 0.3) is 0 Å². The number of carbonyl (C=O) groups is 1. The first-order chi connectivity index (χ1) is 9.95. The zero-order valence-electron chi connectivity index (χ0n) is 12.0. The van der Waals surface area contributed by atoms with Gasteiger partial charge in [-0.15, -0.1) is 0 Å². The van der Waals surface area contributed by atoms with E-state index in [1.807, 2.05) is 30.5 Å². The summed E-state index contributed by atoms with van der Waals surface area (Å²) in [4.78, 5) is 23.4. The summed E-state index contributed by atoms with van der Waals surface area (Å²) in [5.74, 6) is -0.0974. The Kier molecular flexibility index (Phi) is 4.81. The molecule has 0 aliphatic rings. The summed E-state index contributed by atoms with van der Waals surface area (Å²) in [6, 6.07) is 10.4. The molecule has 21 heavy (non-hydrogen) atoms. The summed E-state index contributed by atoms with van der Waals surface area (Å²) in [6.07, 6.45) is 0. The summed E-state index contributed by atoms with van der Waals surface area (Å²) in [5.41, 5.74) is 2.51. The average molecular weight is 305 g/mol. The standard InChI is InChI=1S/C16H17ClN2O2/c1-11-7-15(20)8-12(2)19(11)10-16(21)18-9-13-3-5-14(17)6-4-13/h3-8H,9-10H2,1-2H3,(H,18,21). The number of benzene rings is 1. The predicted molar refractivity (Wildman–Crippen MR) is 83.5 cm³/mol. The zero-order valence-corrected chi connectivity index (χ0v) is 12.8. The molecule has 2 aromatic rings. The van der Waals surface area contributed by atoms with Gasteiger partial charge >= 0.3 is 0 Å². The third kappa shape index (κ3) is 4.20. The minimum Gasteiger partial charge on any atom is -0.350 e. The number of nitrogens with one attached hydrogen (secondary N) is 1. The van der Waals surface area contributed by atoms with Gasteiger partial charge in [-0.3, -0.25) is 9.59 Å². The molecular weight excluding hydrogens is 288 g/mol. The largest absolute Gasteiger partial charge is 0.350 e. The van der Waals surface area contributed by atoms with E-state index >= 15 is 0 Å².